The molecular formula is C17H15BrN2. The van der Waals surface area contributed by atoms with E-state index in [-0.39, 0.29) is 4.83 Å². The van der Waals surface area contributed by atoms with E-state index in [9.17, 15) is 0 Å². The van der Waals surface area contributed by atoms with Crippen LogP contribution < -0.4 is 0 Å². The maximum Gasteiger partial charge on any atom is 0.0768 e. The van der Waals surface area contributed by atoms with Crippen molar-refractivity contribution in [2.45, 2.75) is 18.7 Å². The van der Waals surface area contributed by atoms with E-state index in [0.717, 1.165) is 16.8 Å². The highest BCUT2D eigenvalue weighted by Gasteiger charge is 2.13. The number of benzene rings is 1. The fourth-order valence-corrected chi connectivity index (χ4v) is 2.75. The molecule has 2 aromatic heterocycles. The fraction of sp³-hybridized carbons (Fsp3) is 0.176. The van der Waals surface area contributed by atoms with Gasteiger partial charge in [0.2, 0.25) is 0 Å². The summed E-state index contributed by atoms with van der Waals surface area (Å²) in [6, 6.07) is 12.5. The minimum atomic E-state index is 0.245. The molecule has 0 spiro atoms. The molecule has 0 aliphatic rings. The lowest BCUT2D eigenvalue weighted by Crippen LogP contribution is -1.96. The van der Waals surface area contributed by atoms with Crippen LogP contribution >= 0.6 is 15.9 Å². The van der Waals surface area contributed by atoms with E-state index in [1.165, 1.54) is 16.5 Å². The molecule has 100 valence electrons. The van der Waals surface area contributed by atoms with Gasteiger partial charge in [0.05, 0.1) is 11.2 Å². The number of pyridine rings is 2. The van der Waals surface area contributed by atoms with Gasteiger partial charge in [0.25, 0.3) is 0 Å². The highest BCUT2D eigenvalue weighted by molar-refractivity contribution is 9.09. The quantitative estimate of drug-likeness (QED) is 0.615. The Balaban J connectivity index is 2.34. The first kappa shape index (κ1) is 13.3. The molecule has 2 nitrogen and oxygen atoms in total. The molecule has 3 aromatic rings. The Kier molecular flexibility index (Phi) is 3.53. The van der Waals surface area contributed by atoms with Crippen LogP contribution in [0.1, 0.15) is 22.9 Å². The number of aromatic nitrogens is 2. The number of hydrogen-bond acceptors (Lipinski definition) is 2. The summed E-state index contributed by atoms with van der Waals surface area (Å²) in [5.41, 5.74) is 5.50. The Bertz CT molecular complexity index is 752. The SMILES string of the molecule is Cc1cccc2cc(C(C)Br)c(-c3cccnc3)nc12. The molecule has 1 atom stereocenters. The predicted molar refractivity (Wildman–Crippen MR) is 87.1 cm³/mol. The van der Waals surface area contributed by atoms with Crippen molar-refractivity contribution < 1.29 is 0 Å². The largest absolute Gasteiger partial charge is 0.264 e. The van der Waals surface area contributed by atoms with E-state index < -0.39 is 0 Å². The van der Waals surface area contributed by atoms with E-state index >= 15 is 0 Å². The van der Waals surface area contributed by atoms with Crippen molar-refractivity contribution in [1.82, 2.24) is 9.97 Å². The molecule has 1 unspecified atom stereocenters. The number of halogens is 1. The maximum absolute atomic E-state index is 4.90. The minimum absolute atomic E-state index is 0.245. The summed E-state index contributed by atoms with van der Waals surface area (Å²) >= 11 is 3.67. The molecule has 3 rings (SSSR count). The van der Waals surface area contributed by atoms with Crippen molar-refractivity contribution in [2.75, 3.05) is 0 Å². The Morgan fingerprint density at radius 2 is 2.00 bits per heavy atom. The van der Waals surface area contributed by atoms with Crippen LogP contribution in [0.3, 0.4) is 0 Å². The standard InChI is InChI=1S/C17H15BrN2/c1-11-5-3-6-13-9-15(12(2)18)17(20-16(11)13)14-7-4-8-19-10-14/h3-10,12H,1-2H3. The zero-order valence-corrected chi connectivity index (χ0v) is 13.1. The molecule has 0 saturated heterocycles. The lowest BCUT2D eigenvalue weighted by molar-refractivity contribution is 1.11. The zero-order valence-electron chi connectivity index (χ0n) is 11.5. The van der Waals surface area contributed by atoms with Gasteiger partial charge in [0.1, 0.15) is 0 Å². The molecule has 0 N–H and O–H groups in total. The molecule has 0 aliphatic carbocycles. The number of hydrogen-bond donors (Lipinski definition) is 0. The van der Waals surface area contributed by atoms with E-state index in [0.29, 0.717) is 0 Å². The number of fused-ring (bicyclic) bond motifs is 1. The van der Waals surface area contributed by atoms with Gasteiger partial charge in [-0.3, -0.25) is 4.98 Å². The van der Waals surface area contributed by atoms with Gasteiger partial charge < -0.3 is 0 Å². The van der Waals surface area contributed by atoms with Crippen molar-refractivity contribution in [3.8, 4) is 11.3 Å². The van der Waals surface area contributed by atoms with Gasteiger partial charge in [0, 0.05) is 28.2 Å². The molecule has 0 saturated carbocycles. The number of rotatable bonds is 2. The summed E-state index contributed by atoms with van der Waals surface area (Å²) in [5.74, 6) is 0. The van der Waals surface area contributed by atoms with Gasteiger partial charge in [-0.1, -0.05) is 34.1 Å². The van der Waals surface area contributed by atoms with Crippen LogP contribution in [0.5, 0.6) is 0 Å². The number of nitrogens with zero attached hydrogens (tertiary/aromatic N) is 2. The number of para-hydroxylation sites is 1. The van der Waals surface area contributed by atoms with Crippen molar-refractivity contribution in [2.24, 2.45) is 0 Å². The van der Waals surface area contributed by atoms with Crippen LogP contribution in [-0.4, -0.2) is 9.97 Å². The van der Waals surface area contributed by atoms with E-state index in [1.807, 2.05) is 12.3 Å². The lowest BCUT2D eigenvalue weighted by atomic mass is 10.0. The first-order valence-electron chi connectivity index (χ1n) is 6.61. The van der Waals surface area contributed by atoms with E-state index in [1.54, 1.807) is 6.20 Å². The van der Waals surface area contributed by atoms with Crippen LogP contribution in [0, 0.1) is 6.92 Å². The first-order chi connectivity index (χ1) is 9.66. The van der Waals surface area contributed by atoms with Crippen LogP contribution in [0.4, 0.5) is 0 Å². The third-order valence-corrected chi connectivity index (χ3v) is 3.93. The average molecular weight is 327 g/mol. The van der Waals surface area contributed by atoms with Gasteiger partial charge in [-0.15, -0.1) is 0 Å². The molecule has 1 aromatic carbocycles. The normalized spacial score (nSPS) is 12.6. The Hall–Kier alpha value is -1.74. The molecule has 0 fully saturated rings. The van der Waals surface area contributed by atoms with Gasteiger partial charge in [-0.25, -0.2) is 4.98 Å². The highest BCUT2D eigenvalue weighted by atomic mass is 79.9. The van der Waals surface area contributed by atoms with E-state index in [2.05, 4.69) is 65.1 Å². The van der Waals surface area contributed by atoms with Gasteiger partial charge >= 0.3 is 0 Å². The molecule has 20 heavy (non-hydrogen) atoms. The molecule has 3 heteroatoms. The predicted octanol–water partition coefficient (Wildman–Crippen LogP) is 5.06. The number of alkyl halides is 1. The summed E-state index contributed by atoms with van der Waals surface area (Å²) in [7, 11) is 0. The molecular weight excluding hydrogens is 312 g/mol. The van der Waals surface area contributed by atoms with Crippen LogP contribution in [0.15, 0.2) is 48.8 Å². The Morgan fingerprint density at radius 3 is 2.70 bits per heavy atom. The Labute approximate surface area is 127 Å². The molecule has 0 bridgehead atoms. The molecule has 0 amide bonds. The lowest BCUT2D eigenvalue weighted by Gasteiger charge is -2.13. The topological polar surface area (TPSA) is 25.8 Å². The van der Waals surface area contributed by atoms with E-state index in [4.69, 9.17) is 4.98 Å². The summed E-state index contributed by atoms with van der Waals surface area (Å²) in [6.45, 7) is 4.22. The van der Waals surface area contributed by atoms with Crippen molar-refractivity contribution >= 4 is 26.8 Å². The fourth-order valence-electron chi connectivity index (χ4n) is 2.40. The molecule has 0 radical (unpaired) electrons. The van der Waals surface area contributed by atoms with Crippen LogP contribution in [0.25, 0.3) is 22.2 Å². The monoisotopic (exact) mass is 326 g/mol. The van der Waals surface area contributed by atoms with Crippen molar-refractivity contribution in [3.05, 3.63) is 59.9 Å². The van der Waals surface area contributed by atoms with Gasteiger partial charge in [0.15, 0.2) is 0 Å². The van der Waals surface area contributed by atoms with Crippen LogP contribution in [0.2, 0.25) is 0 Å². The molecule has 0 aliphatic heterocycles. The minimum Gasteiger partial charge on any atom is -0.264 e. The Morgan fingerprint density at radius 1 is 1.15 bits per heavy atom. The third-order valence-electron chi connectivity index (χ3n) is 3.44. The highest BCUT2D eigenvalue weighted by Crippen LogP contribution is 2.33. The number of aryl methyl sites for hydroxylation is 1. The van der Waals surface area contributed by atoms with Crippen molar-refractivity contribution in [1.29, 1.82) is 0 Å². The third kappa shape index (κ3) is 2.34. The summed E-state index contributed by atoms with van der Waals surface area (Å²) in [5, 5.41) is 1.18. The summed E-state index contributed by atoms with van der Waals surface area (Å²) in [4.78, 5) is 9.35. The average Bonchev–Trinajstić information content (AvgIpc) is 2.47. The smallest absolute Gasteiger partial charge is 0.0768 e. The zero-order chi connectivity index (χ0) is 14.1. The van der Waals surface area contributed by atoms with Crippen molar-refractivity contribution in [3.63, 3.8) is 0 Å². The second kappa shape index (κ2) is 5.33. The van der Waals surface area contributed by atoms with Gasteiger partial charge in [-0.05, 0) is 43.2 Å². The summed E-state index contributed by atoms with van der Waals surface area (Å²) < 4.78 is 0. The second-order valence-electron chi connectivity index (χ2n) is 4.93. The molecule has 2 heterocycles. The van der Waals surface area contributed by atoms with Gasteiger partial charge in [-0.2, -0.15) is 0 Å². The second-order valence-corrected chi connectivity index (χ2v) is 6.30. The summed E-state index contributed by atoms with van der Waals surface area (Å²) in [6.07, 6.45) is 3.65. The maximum atomic E-state index is 4.90. The van der Waals surface area contributed by atoms with Crippen LogP contribution in [-0.2, 0) is 0 Å². The first-order valence-corrected chi connectivity index (χ1v) is 7.53.